The number of hydrogen-bond acceptors (Lipinski definition) is 2. The zero-order chi connectivity index (χ0) is 13.9. The third-order valence-electron chi connectivity index (χ3n) is 3.77. The Morgan fingerprint density at radius 1 is 1.00 bits per heavy atom. The Hall–Kier alpha value is -2.19. The summed E-state index contributed by atoms with van der Waals surface area (Å²) in [5.74, 6) is 0. The van der Waals surface area contributed by atoms with E-state index in [-0.39, 0.29) is 0 Å². The van der Waals surface area contributed by atoms with E-state index in [9.17, 15) is 0 Å². The van der Waals surface area contributed by atoms with Crippen LogP contribution in [0.3, 0.4) is 0 Å². The molecule has 2 aromatic carbocycles. The van der Waals surface area contributed by atoms with Gasteiger partial charge >= 0.3 is 0 Å². The lowest BCUT2D eigenvalue weighted by Gasteiger charge is -2.10. The largest absolute Gasteiger partial charge is 0.326 e. The lowest BCUT2D eigenvalue weighted by molar-refractivity contribution is 1.05. The molecule has 0 saturated heterocycles. The van der Waals surface area contributed by atoms with Gasteiger partial charge in [-0.3, -0.25) is 4.98 Å². The molecule has 0 atom stereocenters. The molecule has 0 amide bonds. The summed E-state index contributed by atoms with van der Waals surface area (Å²) in [6, 6.07) is 16.9. The molecule has 0 bridgehead atoms. The summed E-state index contributed by atoms with van der Waals surface area (Å²) in [5.41, 5.74) is 11.9. The van der Waals surface area contributed by atoms with Crippen molar-refractivity contribution >= 4 is 10.9 Å². The zero-order valence-electron chi connectivity index (χ0n) is 11.6. The van der Waals surface area contributed by atoms with E-state index in [1.54, 1.807) is 0 Å². The molecule has 2 heteroatoms. The van der Waals surface area contributed by atoms with Crippen LogP contribution >= 0.6 is 0 Å². The predicted octanol–water partition coefficient (Wildman–Crippen LogP) is 3.59. The molecule has 0 fully saturated rings. The van der Waals surface area contributed by atoms with Crippen LogP contribution in [0.2, 0.25) is 0 Å². The van der Waals surface area contributed by atoms with E-state index in [0.29, 0.717) is 6.54 Å². The fraction of sp³-hybridized carbons (Fsp3) is 0.167. The average Bonchev–Trinajstić information content (AvgIpc) is 2.50. The summed E-state index contributed by atoms with van der Waals surface area (Å²) in [7, 11) is 0. The second-order valence-corrected chi connectivity index (χ2v) is 5.13. The van der Waals surface area contributed by atoms with Gasteiger partial charge in [0.25, 0.3) is 0 Å². The first-order valence-electron chi connectivity index (χ1n) is 6.89. The Kier molecular flexibility index (Phi) is 3.48. The first-order chi connectivity index (χ1) is 9.78. The summed E-state index contributed by atoms with van der Waals surface area (Å²) >= 11 is 0. The van der Waals surface area contributed by atoms with Crippen molar-refractivity contribution in [2.24, 2.45) is 5.73 Å². The van der Waals surface area contributed by atoms with Gasteiger partial charge in [-0.25, -0.2) is 0 Å². The molecule has 0 saturated carbocycles. The first-order valence-corrected chi connectivity index (χ1v) is 6.89. The van der Waals surface area contributed by atoms with Gasteiger partial charge in [-0.15, -0.1) is 0 Å². The van der Waals surface area contributed by atoms with Gasteiger partial charge in [0, 0.05) is 18.1 Å². The van der Waals surface area contributed by atoms with Crippen molar-refractivity contribution in [2.75, 3.05) is 0 Å². The molecule has 3 rings (SSSR count). The quantitative estimate of drug-likeness (QED) is 0.783. The van der Waals surface area contributed by atoms with Gasteiger partial charge in [0.1, 0.15) is 0 Å². The predicted molar refractivity (Wildman–Crippen MR) is 83.6 cm³/mol. The van der Waals surface area contributed by atoms with E-state index in [2.05, 4.69) is 54.4 Å². The van der Waals surface area contributed by atoms with E-state index in [1.807, 2.05) is 12.3 Å². The van der Waals surface area contributed by atoms with Gasteiger partial charge < -0.3 is 5.73 Å². The van der Waals surface area contributed by atoms with Crippen molar-refractivity contribution in [2.45, 2.75) is 19.9 Å². The molecule has 2 N–H and O–H groups in total. The highest BCUT2D eigenvalue weighted by Crippen LogP contribution is 2.21. The molecule has 100 valence electrons. The molecule has 1 aromatic heterocycles. The van der Waals surface area contributed by atoms with E-state index in [1.165, 1.54) is 27.6 Å². The minimum Gasteiger partial charge on any atom is -0.326 e. The lowest BCUT2D eigenvalue weighted by atomic mass is 9.96. The first kappa shape index (κ1) is 12.8. The summed E-state index contributed by atoms with van der Waals surface area (Å²) in [6.45, 7) is 2.74. The summed E-state index contributed by atoms with van der Waals surface area (Å²) in [5, 5.41) is 1.23. The Morgan fingerprint density at radius 3 is 2.70 bits per heavy atom. The lowest BCUT2D eigenvalue weighted by Crippen LogP contribution is -2.00. The van der Waals surface area contributed by atoms with Crippen LogP contribution in [-0.4, -0.2) is 4.98 Å². The van der Waals surface area contributed by atoms with Crippen LogP contribution in [0.1, 0.15) is 22.3 Å². The van der Waals surface area contributed by atoms with Crippen LogP contribution in [0.25, 0.3) is 10.9 Å². The number of benzene rings is 2. The number of fused-ring (bicyclic) bond motifs is 1. The van der Waals surface area contributed by atoms with E-state index in [0.717, 1.165) is 11.9 Å². The monoisotopic (exact) mass is 262 g/mol. The number of para-hydroxylation sites is 1. The van der Waals surface area contributed by atoms with Crippen molar-refractivity contribution in [3.63, 3.8) is 0 Å². The molecule has 1 heterocycles. The maximum atomic E-state index is 5.74. The number of aryl methyl sites for hydroxylation is 1. The smallest absolute Gasteiger partial charge is 0.0704 e. The van der Waals surface area contributed by atoms with Crippen molar-refractivity contribution in [1.29, 1.82) is 0 Å². The van der Waals surface area contributed by atoms with Gasteiger partial charge in [-0.05, 0) is 47.7 Å². The second-order valence-electron chi connectivity index (χ2n) is 5.13. The number of hydrogen-bond donors (Lipinski definition) is 1. The maximum absolute atomic E-state index is 5.74. The highest BCUT2D eigenvalue weighted by atomic mass is 14.6. The summed E-state index contributed by atoms with van der Waals surface area (Å²) in [6.07, 6.45) is 2.81. The van der Waals surface area contributed by atoms with Crippen LogP contribution in [-0.2, 0) is 13.0 Å². The maximum Gasteiger partial charge on any atom is 0.0704 e. The molecule has 0 aliphatic heterocycles. The van der Waals surface area contributed by atoms with Crippen molar-refractivity contribution in [3.8, 4) is 0 Å². The van der Waals surface area contributed by atoms with Crippen LogP contribution in [0.15, 0.2) is 54.7 Å². The SMILES string of the molecule is Cc1ccc(CN)cc1Cc1ccnc2ccccc12. The molecule has 0 radical (unpaired) electrons. The number of nitrogens with two attached hydrogens (primary N) is 1. The Morgan fingerprint density at radius 2 is 1.85 bits per heavy atom. The minimum atomic E-state index is 0.588. The normalized spacial score (nSPS) is 10.9. The molecular formula is C18H18N2. The van der Waals surface area contributed by atoms with Crippen molar-refractivity contribution in [3.05, 3.63) is 77.0 Å². The Balaban J connectivity index is 2.05. The highest BCUT2D eigenvalue weighted by molar-refractivity contribution is 5.82. The fourth-order valence-corrected chi connectivity index (χ4v) is 2.56. The third-order valence-corrected chi connectivity index (χ3v) is 3.77. The summed E-state index contributed by atoms with van der Waals surface area (Å²) < 4.78 is 0. The number of pyridine rings is 1. The molecule has 0 aliphatic rings. The average molecular weight is 262 g/mol. The highest BCUT2D eigenvalue weighted by Gasteiger charge is 2.05. The fourth-order valence-electron chi connectivity index (χ4n) is 2.56. The topological polar surface area (TPSA) is 38.9 Å². The number of nitrogens with zero attached hydrogens (tertiary/aromatic N) is 1. The van der Waals surface area contributed by atoms with Crippen LogP contribution < -0.4 is 5.73 Å². The van der Waals surface area contributed by atoms with Gasteiger partial charge in [0.05, 0.1) is 5.52 Å². The molecule has 20 heavy (non-hydrogen) atoms. The van der Waals surface area contributed by atoms with Gasteiger partial charge in [-0.2, -0.15) is 0 Å². The van der Waals surface area contributed by atoms with Gasteiger partial charge in [0.2, 0.25) is 0 Å². The third kappa shape index (κ3) is 2.43. The van der Waals surface area contributed by atoms with E-state index in [4.69, 9.17) is 5.73 Å². The minimum absolute atomic E-state index is 0.588. The molecule has 0 aliphatic carbocycles. The second kappa shape index (κ2) is 5.43. The van der Waals surface area contributed by atoms with Crippen LogP contribution in [0.4, 0.5) is 0 Å². The van der Waals surface area contributed by atoms with E-state index >= 15 is 0 Å². The Labute approximate surface area is 119 Å². The number of aromatic nitrogens is 1. The van der Waals surface area contributed by atoms with Crippen molar-refractivity contribution in [1.82, 2.24) is 4.98 Å². The molecule has 2 nitrogen and oxygen atoms in total. The Bertz CT molecular complexity index is 742. The summed E-state index contributed by atoms with van der Waals surface area (Å²) in [4.78, 5) is 4.42. The van der Waals surface area contributed by atoms with Crippen LogP contribution in [0.5, 0.6) is 0 Å². The molecular weight excluding hydrogens is 244 g/mol. The van der Waals surface area contributed by atoms with Crippen molar-refractivity contribution < 1.29 is 0 Å². The zero-order valence-corrected chi connectivity index (χ0v) is 11.6. The molecule has 0 unspecified atom stereocenters. The number of rotatable bonds is 3. The molecule has 3 aromatic rings. The molecule has 0 spiro atoms. The van der Waals surface area contributed by atoms with Crippen LogP contribution in [0, 0.1) is 6.92 Å². The van der Waals surface area contributed by atoms with Gasteiger partial charge in [0.15, 0.2) is 0 Å². The standard InChI is InChI=1S/C18H18N2/c1-13-6-7-14(12-19)10-16(13)11-15-8-9-20-18-5-3-2-4-17(15)18/h2-10H,11-12,19H2,1H3. The van der Waals surface area contributed by atoms with Gasteiger partial charge in [-0.1, -0.05) is 36.4 Å². The van der Waals surface area contributed by atoms with E-state index < -0.39 is 0 Å².